The second-order valence-corrected chi connectivity index (χ2v) is 8.02. The molecule has 2 aliphatic carbocycles. The monoisotopic (exact) mass is 336 g/mol. The van der Waals surface area contributed by atoms with E-state index in [0.717, 1.165) is 0 Å². The van der Waals surface area contributed by atoms with Gasteiger partial charge in [0.15, 0.2) is 0 Å². The van der Waals surface area contributed by atoms with Crippen molar-refractivity contribution in [1.29, 1.82) is 0 Å². The SMILES string of the molecule is CC1=C(C)C2(c3ccccc31)c1ccccc1-c1cccc(C(C)C)c12. The fourth-order valence-corrected chi connectivity index (χ4v) is 5.37. The van der Waals surface area contributed by atoms with Crippen molar-refractivity contribution in [3.05, 3.63) is 100 Å². The van der Waals surface area contributed by atoms with E-state index in [1.165, 1.54) is 50.1 Å². The molecule has 26 heavy (non-hydrogen) atoms. The summed E-state index contributed by atoms with van der Waals surface area (Å²) in [6, 6.07) is 24.9. The molecular formula is C26H24. The molecule has 0 nitrogen and oxygen atoms in total. The van der Waals surface area contributed by atoms with Crippen molar-refractivity contribution >= 4 is 5.57 Å². The summed E-state index contributed by atoms with van der Waals surface area (Å²) in [6.45, 7) is 9.28. The normalized spacial score (nSPS) is 19.9. The molecule has 2 aliphatic rings. The molecule has 0 aliphatic heterocycles. The summed E-state index contributed by atoms with van der Waals surface area (Å²) in [4.78, 5) is 0. The number of allylic oxidation sites excluding steroid dienone is 2. The van der Waals surface area contributed by atoms with E-state index in [4.69, 9.17) is 0 Å². The summed E-state index contributed by atoms with van der Waals surface area (Å²) in [6.07, 6.45) is 0. The average molecular weight is 336 g/mol. The molecule has 3 aromatic rings. The van der Waals surface area contributed by atoms with Gasteiger partial charge < -0.3 is 0 Å². The molecule has 1 spiro atoms. The lowest BCUT2D eigenvalue weighted by Gasteiger charge is -2.33. The lowest BCUT2D eigenvalue weighted by atomic mass is 9.68. The van der Waals surface area contributed by atoms with Crippen LogP contribution in [0.5, 0.6) is 0 Å². The van der Waals surface area contributed by atoms with E-state index in [1.54, 1.807) is 0 Å². The van der Waals surface area contributed by atoms with Gasteiger partial charge in [0.1, 0.15) is 0 Å². The van der Waals surface area contributed by atoms with Crippen LogP contribution in [0.2, 0.25) is 0 Å². The Morgan fingerprint density at radius 1 is 0.654 bits per heavy atom. The Kier molecular flexibility index (Phi) is 3.13. The van der Waals surface area contributed by atoms with Crippen LogP contribution in [0.15, 0.2) is 72.3 Å². The Morgan fingerprint density at radius 2 is 1.23 bits per heavy atom. The predicted octanol–water partition coefficient (Wildman–Crippen LogP) is 6.93. The van der Waals surface area contributed by atoms with Gasteiger partial charge in [-0.3, -0.25) is 0 Å². The van der Waals surface area contributed by atoms with Crippen molar-refractivity contribution in [3.63, 3.8) is 0 Å². The van der Waals surface area contributed by atoms with Crippen LogP contribution in [0, 0.1) is 0 Å². The zero-order valence-corrected chi connectivity index (χ0v) is 15.9. The molecule has 0 heterocycles. The third kappa shape index (κ3) is 1.65. The van der Waals surface area contributed by atoms with Gasteiger partial charge in [-0.2, -0.15) is 0 Å². The number of fused-ring (bicyclic) bond motifs is 7. The van der Waals surface area contributed by atoms with E-state index < -0.39 is 0 Å². The van der Waals surface area contributed by atoms with Crippen LogP contribution in [0.3, 0.4) is 0 Å². The summed E-state index contributed by atoms with van der Waals surface area (Å²) in [5.74, 6) is 0.497. The highest BCUT2D eigenvalue weighted by Gasteiger charge is 2.51. The summed E-state index contributed by atoms with van der Waals surface area (Å²) in [5.41, 5.74) is 12.9. The van der Waals surface area contributed by atoms with Gasteiger partial charge in [-0.05, 0) is 64.3 Å². The van der Waals surface area contributed by atoms with Gasteiger partial charge in [-0.25, -0.2) is 0 Å². The van der Waals surface area contributed by atoms with Crippen LogP contribution in [0.1, 0.15) is 61.4 Å². The molecule has 128 valence electrons. The Morgan fingerprint density at radius 3 is 1.92 bits per heavy atom. The summed E-state index contributed by atoms with van der Waals surface area (Å²) in [5, 5.41) is 0. The summed E-state index contributed by atoms with van der Waals surface area (Å²) < 4.78 is 0. The molecule has 0 N–H and O–H groups in total. The van der Waals surface area contributed by atoms with Gasteiger partial charge in [-0.15, -0.1) is 0 Å². The lowest BCUT2D eigenvalue weighted by molar-refractivity contribution is 0.731. The predicted molar refractivity (Wildman–Crippen MR) is 111 cm³/mol. The van der Waals surface area contributed by atoms with E-state index in [-0.39, 0.29) is 5.41 Å². The van der Waals surface area contributed by atoms with Crippen molar-refractivity contribution in [2.75, 3.05) is 0 Å². The molecular weight excluding hydrogens is 312 g/mol. The van der Waals surface area contributed by atoms with Crippen LogP contribution in [-0.2, 0) is 5.41 Å². The van der Waals surface area contributed by atoms with Gasteiger partial charge in [-0.1, -0.05) is 86.2 Å². The van der Waals surface area contributed by atoms with Gasteiger partial charge in [0.05, 0.1) is 5.41 Å². The average Bonchev–Trinajstić information content (AvgIpc) is 3.09. The molecule has 3 aromatic carbocycles. The third-order valence-electron chi connectivity index (χ3n) is 6.58. The highest BCUT2D eigenvalue weighted by molar-refractivity contribution is 5.94. The minimum absolute atomic E-state index is 0.131. The number of hydrogen-bond acceptors (Lipinski definition) is 0. The van der Waals surface area contributed by atoms with Crippen molar-refractivity contribution < 1.29 is 0 Å². The molecule has 1 atom stereocenters. The first kappa shape index (κ1) is 15.6. The summed E-state index contributed by atoms with van der Waals surface area (Å²) in [7, 11) is 0. The fraction of sp³-hybridized carbons (Fsp3) is 0.231. The minimum atomic E-state index is -0.131. The Bertz CT molecular complexity index is 1080. The molecule has 1 unspecified atom stereocenters. The van der Waals surface area contributed by atoms with E-state index in [9.17, 15) is 0 Å². The molecule has 0 saturated carbocycles. The first-order valence-corrected chi connectivity index (χ1v) is 9.59. The van der Waals surface area contributed by atoms with Crippen LogP contribution in [-0.4, -0.2) is 0 Å². The maximum atomic E-state index is 2.35. The van der Waals surface area contributed by atoms with E-state index in [1.807, 2.05) is 0 Å². The molecule has 0 fully saturated rings. The third-order valence-corrected chi connectivity index (χ3v) is 6.58. The number of rotatable bonds is 1. The highest BCUT2D eigenvalue weighted by atomic mass is 14.5. The standard InChI is InChI=1S/C26H24/c1-16(2)19-12-9-13-22-21-11-6-8-15-24(21)26(25(19)22)18(4)17(3)20-10-5-7-14-23(20)26/h5-16H,1-4H3. The van der Waals surface area contributed by atoms with Gasteiger partial charge in [0.25, 0.3) is 0 Å². The fourth-order valence-electron chi connectivity index (χ4n) is 5.37. The molecule has 5 rings (SSSR count). The van der Waals surface area contributed by atoms with Crippen LogP contribution in [0.4, 0.5) is 0 Å². The number of hydrogen-bond donors (Lipinski definition) is 0. The second kappa shape index (κ2) is 5.20. The minimum Gasteiger partial charge on any atom is -0.0619 e. The molecule has 0 amide bonds. The Labute approximate surface area is 156 Å². The quantitative estimate of drug-likeness (QED) is 0.452. The highest BCUT2D eigenvalue weighted by Crippen LogP contribution is 2.62. The molecule has 0 bridgehead atoms. The van der Waals surface area contributed by atoms with Gasteiger partial charge in [0.2, 0.25) is 0 Å². The van der Waals surface area contributed by atoms with Gasteiger partial charge >= 0.3 is 0 Å². The zero-order chi connectivity index (χ0) is 18.1. The number of benzene rings is 3. The molecule has 0 heteroatoms. The first-order valence-electron chi connectivity index (χ1n) is 9.59. The van der Waals surface area contributed by atoms with E-state index >= 15 is 0 Å². The Balaban J connectivity index is 2.03. The maximum Gasteiger partial charge on any atom is 0.0685 e. The van der Waals surface area contributed by atoms with Gasteiger partial charge in [0, 0.05) is 0 Å². The largest absolute Gasteiger partial charge is 0.0685 e. The van der Waals surface area contributed by atoms with Crippen molar-refractivity contribution in [3.8, 4) is 11.1 Å². The lowest BCUT2D eigenvalue weighted by Crippen LogP contribution is -2.27. The van der Waals surface area contributed by atoms with Crippen LogP contribution < -0.4 is 0 Å². The van der Waals surface area contributed by atoms with E-state index in [0.29, 0.717) is 5.92 Å². The Hall–Kier alpha value is -2.60. The topological polar surface area (TPSA) is 0 Å². The van der Waals surface area contributed by atoms with Crippen LogP contribution >= 0.6 is 0 Å². The van der Waals surface area contributed by atoms with Crippen molar-refractivity contribution in [2.45, 2.75) is 39.0 Å². The first-order chi connectivity index (χ1) is 12.6. The smallest absolute Gasteiger partial charge is 0.0619 e. The maximum absolute atomic E-state index is 2.35. The van der Waals surface area contributed by atoms with Crippen molar-refractivity contribution in [1.82, 2.24) is 0 Å². The molecule has 0 saturated heterocycles. The molecule has 0 aromatic heterocycles. The second-order valence-electron chi connectivity index (χ2n) is 8.02. The zero-order valence-electron chi connectivity index (χ0n) is 15.9. The molecule has 0 radical (unpaired) electrons. The van der Waals surface area contributed by atoms with E-state index in [2.05, 4.69) is 94.4 Å². The van der Waals surface area contributed by atoms with Crippen LogP contribution in [0.25, 0.3) is 16.7 Å². The van der Waals surface area contributed by atoms with Crippen molar-refractivity contribution in [2.24, 2.45) is 0 Å². The summed E-state index contributed by atoms with van der Waals surface area (Å²) >= 11 is 0.